The Kier molecular flexibility index (Phi) is 7.57. The van der Waals surface area contributed by atoms with Gasteiger partial charge in [0.25, 0.3) is 0 Å². The molecular weight excluding hydrogens is 304 g/mol. The fourth-order valence-electron chi connectivity index (χ4n) is 3.25. The molecule has 4 heteroatoms. The lowest BCUT2D eigenvalue weighted by Crippen LogP contribution is -2.19. The summed E-state index contributed by atoms with van der Waals surface area (Å²) in [6.07, 6.45) is 11.2. The first kappa shape index (κ1) is 18.8. The Morgan fingerprint density at radius 2 is 2.04 bits per heavy atom. The molecule has 2 rings (SSSR count). The van der Waals surface area contributed by atoms with E-state index in [-0.39, 0.29) is 5.78 Å². The third-order valence-corrected chi connectivity index (χ3v) is 4.73. The fourth-order valence-corrected chi connectivity index (χ4v) is 3.25. The van der Waals surface area contributed by atoms with Crippen LogP contribution in [0.25, 0.3) is 0 Å². The van der Waals surface area contributed by atoms with Crippen LogP contribution < -0.4 is 0 Å². The third kappa shape index (κ3) is 5.23. The number of carbonyl (C=O) groups excluding carboxylic acids is 1. The van der Waals surface area contributed by atoms with Crippen LogP contribution >= 0.6 is 0 Å². The minimum absolute atomic E-state index is 0.272. The lowest BCUT2D eigenvalue weighted by molar-refractivity contribution is -0.115. The van der Waals surface area contributed by atoms with Crippen LogP contribution in [-0.4, -0.2) is 32.7 Å². The van der Waals surface area contributed by atoms with Gasteiger partial charge in [0.1, 0.15) is 5.76 Å². The molecule has 2 aliphatic rings. The van der Waals surface area contributed by atoms with Crippen LogP contribution in [0.2, 0.25) is 0 Å². The van der Waals surface area contributed by atoms with Gasteiger partial charge in [-0.1, -0.05) is 13.0 Å². The molecule has 0 amide bonds. The summed E-state index contributed by atoms with van der Waals surface area (Å²) in [6.45, 7) is 2.93. The standard InChI is InChI=1S/C20H30O4/c1-4-13-24-17-9-5-15(6-10-17)19(21)12-8-16-7-11-18(22-2)14-20(16)23-3/h5,14,17H,4,6-13H2,1-3H3/t17-/m0/s1. The molecule has 1 atom stereocenters. The molecule has 0 aliphatic heterocycles. The van der Waals surface area contributed by atoms with Gasteiger partial charge < -0.3 is 14.2 Å². The lowest BCUT2D eigenvalue weighted by Gasteiger charge is -2.22. The molecule has 0 aromatic carbocycles. The molecule has 0 saturated carbocycles. The van der Waals surface area contributed by atoms with Crippen molar-refractivity contribution in [2.24, 2.45) is 0 Å². The summed E-state index contributed by atoms with van der Waals surface area (Å²) < 4.78 is 16.5. The largest absolute Gasteiger partial charge is 0.501 e. The Morgan fingerprint density at radius 3 is 2.67 bits per heavy atom. The number of ketones is 1. The van der Waals surface area contributed by atoms with Crippen molar-refractivity contribution in [2.45, 2.75) is 64.4 Å². The molecule has 0 bridgehead atoms. The maximum atomic E-state index is 12.5. The quantitative estimate of drug-likeness (QED) is 0.624. The average molecular weight is 334 g/mol. The maximum Gasteiger partial charge on any atom is 0.158 e. The molecule has 0 fully saturated rings. The van der Waals surface area contributed by atoms with Crippen LogP contribution in [-0.2, 0) is 19.0 Å². The van der Waals surface area contributed by atoms with Crippen LogP contribution in [0.4, 0.5) is 0 Å². The van der Waals surface area contributed by atoms with Crippen molar-refractivity contribution in [1.82, 2.24) is 0 Å². The van der Waals surface area contributed by atoms with Gasteiger partial charge in [-0.25, -0.2) is 0 Å². The molecule has 134 valence electrons. The highest BCUT2D eigenvalue weighted by molar-refractivity contribution is 5.95. The Morgan fingerprint density at radius 1 is 1.21 bits per heavy atom. The summed E-state index contributed by atoms with van der Waals surface area (Å²) in [7, 11) is 3.35. The Labute approximate surface area is 145 Å². The van der Waals surface area contributed by atoms with Gasteiger partial charge in [-0.15, -0.1) is 0 Å². The summed E-state index contributed by atoms with van der Waals surface area (Å²) >= 11 is 0. The normalized spacial score (nSPS) is 21.2. The number of allylic oxidation sites excluding steroid dienone is 4. The smallest absolute Gasteiger partial charge is 0.158 e. The summed E-state index contributed by atoms with van der Waals surface area (Å²) in [5.41, 5.74) is 2.20. The van der Waals surface area contributed by atoms with E-state index in [1.165, 1.54) is 5.57 Å². The van der Waals surface area contributed by atoms with Crippen molar-refractivity contribution in [3.63, 3.8) is 0 Å². The lowest BCUT2D eigenvalue weighted by atomic mass is 9.90. The SMILES string of the molecule is CCCO[C@H]1CC=C(C(=O)CCC2=C(OC)C=C(OC)CC2)CC1. The monoisotopic (exact) mass is 334 g/mol. The predicted molar refractivity (Wildman–Crippen MR) is 94.6 cm³/mol. The van der Waals surface area contributed by atoms with Crippen LogP contribution in [0.3, 0.4) is 0 Å². The third-order valence-electron chi connectivity index (χ3n) is 4.73. The minimum Gasteiger partial charge on any atom is -0.501 e. The molecule has 0 aromatic heterocycles. The predicted octanol–water partition coefficient (Wildman–Crippen LogP) is 4.47. The van der Waals surface area contributed by atoms with E-state index >= 15 is 0 Å². The zero-order valence-electron chi connectivity index (χ0n) is 15.2. The highest BCUT2D eigenvalue weighted by atomic mass is 16.5. The molecular formula is C20H30O4. The van der Waals surface area contributed by atoms with Crippen molar-refractivity contribution < 1.29 is 19.0 Å². The van der Waals surface area contributed by atoms with Gasteiger partial charge in [-0.3, -0.25) is 4.79 Å². The van der Waals surface area contributed by atoms with Crippen LogP contribution in [0, 0.1) is 0 Å². The average Bonchev–Trinajstić information content (AvgIpc) is 2.64. The molecule has 2 aliphatic carbocycles. The van der Waals surface area contributed by atoms with Gasteiger partial charge in [-0.2, -0.15) is 0 Å². The van der Waals surface area contributed by atoms with Gasteiger partial charge in [0, 0.05) is 25.5 Å². The highest BCUT2D eigenvalue weighted by Crippen LogP contribution is 2.29. The molecule has 0 aromatic rings. The van der Waals surface area contributed by atoms with E-state index in [1.807, 2.05) is 6.08 Å². The second-order valence-corrected chi connectivity index (χ2v) is 6.41. The molecule has 0 radical (unpaired) electrons. The number of rotatable bonds is 9. The van der Waals surface area contributed by atoms with E-state index in [0.717, 1.165) is 68.6 Å². The minimum atomic E-state index is 0.272. The van der Waals surface area contributed by atoms with E-state index < -0.39 is 0 Å². The number of ether oxygens (including phenoxy) is 3. The maximum absolute atomic E-state index is 12.5. The first-order valence-electron chi connectivity index (χ1n) is 9.02. The topological polar surface area (TPSA) is 44.8 Å². The first-order chi connectivity index (χ1) is 11.7. The Bertz CT molecular complexity index is 528. The zero-order chi connectivity index (χ0) is 17.4. The second-order valence-electron chi connectivity index (χ2n) is 6.41. The van der Waals surface area contributed by atoms with Gasteiger partial charge >= 0.3 is 0 Å². The first-order valence-corrected chi connectivity index (χ1v) is 9.02. The molecule has 0 spiro atoms. The van der Waals surface area contributed by atoms with Crippen molar-refractivity contribution in [3.05, 3.63) is 34.8 Å². The van der Waals surface area contributed by atoms with E-state index in [9.17, 15) is 4.79 Å². The van der Waals surface area contributed by atoms with Crippen molar-refractivity contribution >= 4 is 5.78 Å². The highest BCUT2D eigenvalue weighted by Gasteiger charge is 2.20. The number of hydrogen-bond acceptors (Lipinski definition) is 4. The fraction of sp³-hybridized carbons (Fsp3) is 0.650. The summed E-state index contributed by atoms with van der Waals surface area (Å²) in [4.78, 5) is 12.5. The second kappa shape index (κ2) is 9.67. The summed E-state index contributed by atoms with van der Waals surface area (Å²) in [6, 6.07) is 0. The molecule has 0 N–H and O–H groups in total. The number of carbonyl (C=O) groups is 1. The zero-order valence-corrected chi connectivity index (χ0v) is 15.2. The van der Waals surface area contributed by atoms with Gasteiger partial charge in [0.05, 0.1) is 26.1 Å². The van der Waals surface area contributed by atoms with E-state index in [4.69, 9.17) is 14.2 Å². The summed E-state index contributed by atoms with van der Waals surface area (Å²) in [5, 5.41) is 0. The Balaban J connectivity index is 1.86. The van der Waals surface area contributed by atoms with Crippen LogP contribution in [0.5, 0.6) is 0 Å². The molecule has 24 heavy (non-hydrogen) atoms. The van der Waals surface area contributed by atoms with E-state index in [1.54, 1.807) is 14.2 Å². The number of methoxy groups -OCH3 is 2. The van der Waals surface area contributed by atoms with Crippen LogP contribution in [0.1, 0.15) is 58.3 Å². The van der Waals surface area contributed by atoms with Gasteiger partial charge in [0.2, 0.25) is 0 Å². The van der Waals surface area contributed by atoms with Crippen molar-refractivity contribution in [3.8, 4) is 0 Å². The molecule has 0 heterocycles. The van der Waals surface area contributed by atoms with Crippen LogP contribution in [0.15, 0.2) is 34.8 Å². The Hall–Kier alpha value is -1.55. The van der Waals surface area contributed by atoms with Gasteiger partial charge in [-0.05, 0) is 49.7 Å². The molecule has 4 nitrogen and oxygen atoms in total. The van der Waals surface area contributed by atoms with E-state index in [2.05, 4.69) is 13.0 Å². The summed E-state index contributed by atoms with van der Waals surface area (Å²) in [5.74, 6) is 2.07. The van der Waals surface area contributed by atoms with E-state index in [0.29, 0.717) is 12.5 Å². The number of Topliss-reactive ketones (excluding diaryl/α,β-unsaturated/α-hetero) is 1. The van der Waals surface area contributed by atoms with Crippen molar-refractivity contribution in [2.75, 3.05) is 20.8 Å². The van der Waals surface area contributed by atoms with Crippen molar-refractivity contribution in [1.29, 1.82) is 0 Å². The molecule has 0 unspecified atom stereocenters. The van der Waals surface area contributed by atoms with Gasteiger partial charge in [0.15, 0.2) is 5.78 Å². The molecule has 0 saturated heterocycles. The number of hydrogen-bond donors (Lipinski definition) is 0.